The lowest BCUT2D eigenvalue weighted by Crippen LogP contribution is -2.43. The highest BCUT2D eigenvalue weighted by Crippen LogP contribution is 2.35. The summed E-state index contributed by atoms with van der Waals surface area (Å²) in [6.07, 6.45) is 0.871. The van der Waals surface area contributed by atoms with E-state index in [2.05, 4.69) is 17.2 Å². The van der Waals surface area contributed by atoms with Crippen LogP contribution < -0.4 is 10.2 Å². The van der Waals surface area contributed by atoms with Crippen LogP contribution in [0.2, 0.25) is 0 Å². The average molecular weight is 485 g/mol. The van der Waals surface area contributed by atoms with Crippen LogP contribution >= 0.6 is 11.3 Å². The molecule has 0 aliphatic carbocycles. The first-order chi connectivity index (χ1) is 16.9. The first kappa shape index (κ1) is 22.7. The second-order valence-electron chi connectivity index (χ2n) is 8.53. The van der Waals surface area contributed by atoms with Gasteiger partial charge in [-0.1, -0.05) is 72.9 Å². The van der Waals surface area contributed by atoms with E-state index in [0.29, 0.717) is 16.4 Å². The molecule has 7 nitrogen and oxygen atoms in total. The van der Waals surface area contributed by atoms with E-state index in [0.717, 1.165) is 27.1 Å². The maximum atomic E-state index is 13.7. The molecule has 0 spiro atoms. The van der Waals surface area contributed by atoms with E-state index < -0.39 is 29.9 Å². The minimum absolute atomic E-state index is 0.404. The summed E-state index contributed by atoms with van der Waals surface area (Å²) >= 11 is 1.38. The van der Waals surface area contributed by atoms with Crippen LogP contribution in [0.5, 0.6) is 0 Å². The maximum absolute atomic E-state index is 13.7. The van der Waals surface area contributed by atoms with E-state index in [1.54, 1.807) is 19.1 Å². The van der Waals surface area contributed by atoms with Gasteiger partial charge in [0.15, 0.2) is 5.13 Å². The number of hydrogen-bond donors (Lipinski definition) is 1. The van der Waals surface area contributed by atoms with Crippen molar-refractivity contribution in [1.82, 2.24) is 15.2 Å². The second kappa shape index (κ2) is 8.96. The number of carbonyl (C=O) groups is 3. The van der Waals surface area contributed by atoms with Crippen molar-refractivity contribution in [3.63, 3.8) is 0 Å². The van der Waals surface area contributed by atoms with E-state index in [4.69, 9.17) is 0 Å². The molecule has 3 aromatic carbocycles. The maximum Gasteiger partial charge on any atom is 0.325 e. The van der Waals surface area contributed by atoms with Crippen LogP contribution in [0, 0.1) is 0 Å². The normalized spacial score (nSPS) is 17.6. The van der Waals surface area contributed by atoms with Crippen molar-refractivity contribution in [1.29, 1.82) is 0 Å². The van der Waals surface area contributed by atoms with Gasteiger partial charge in [0, 0.05) is 0 Å². The van der Waals surface area contributed by atoms with Crippen molar-refractivity contribution >= 4 is 50.2 Å². The molecule has 5 rings (SSSR count). The summed E-state index contributed by atoms with van der Waals surface area (Å²) in [5, 5.41) is 3.25. The molecule has 0 saturated carbocycles. The fourth-order valence-electron chi connectivity index (χ4n) is 4.21. The monoisotopic (exact) mass is 484 g/mol. The number of carbonyl (C=O) groups excluding carboxylic acids is 3. The predicted molar refractivity (Wildman–Crippen MR) is 137 cm³/mol. The highest BCUT2D eigenvalue weighted by Gasteiger charge is 2.49. The average Bonchev–Trinajstić information content (AvgIpc) is 3.39. The number of nitrogens with one attached hydrogen (secondary N) is 1. The zero-order chi connectivity index (χ0) is 24.6. The minimum atomic E-state index is -1.23. The van der Waals surface area contributed by atoms with Gasteiger partial charge in [0.25, 0.3) is 11.8 Å². The minimum Gasteiger partial charge on any atom is -0.319 e. The number of nitrogens with zero attached hydrogens (tertiary/aromatic N) is 3. The Morgan fingerprint density at radius 3 is 2.37 bits per heavy atom. The van der Waals surface area contributed by atoms with Gasteiger partial charge in [0.2, 0.25) is 0 Å². The lowest BCUT2D eigenvalue weighted by Gasteiger charge is -2.24. The van der Waals surface area contributed by atoms with Gasteiger partial charge in [-0.25, -0.2) is 9.78 Å². The summed E-state index contributed by atoms with van der Waals surface area (Å²) in [5.41, 5.74) is 1.97. The molecule has 4 aromatic rings. The molecular formula is C27H24N4O3S. The summed E-state index contributed by atoms with van der Waals surface area (Å²) in [6, 6.07) is 23.7. The highest BCUT2D eigenvalue weighted by atomic mass is 32.1. The quantitative estimate of drug-likeness (QED) is 0.391. The van der Waals surface area contributed by atoms with E-state index >= 15 is 0 Å². The molecule has 0 radical (unpaired) electrons. The number of para-hydroxylation sites is 1. The van der Waals surface area contributed by atoms with Gasteiger partial charge in [-0.3, -0.25) is 19.4 Å². The lowest BCUT2D eigenvalue weighted by atomic mass is 9.92. The van der Waals surface area contributed by atoms with Crippen LogP contribution in [0.25, 0.3) is 10.2 Å². The van der Waals surface area contributed by atoms with Crippen molar-refractivity contribution < 1.29 is 14.4 Å². The first-order valence-electron chi connectivity index (χ1n) is 11.4. The molecule has 1 N–H and O–H groups in total. The van der Waals surface area contributed by atoms with Gasteiger partial charge in [-0.05, 0) is 48.7 Å². The van der Waals surface area contributed by atoms with Crippen LogP contribution in [-0.2, 0) is 21.5 Å². The smallest absolute Gasteiger partial charge is 0.319 e. The zero-order valence-electron chi connectivity index (χ0n) is 19.4. The number of imide groups is 1. The number of fused-ring (bicyclic) bond motifs is 1. The summed E-state index contributed by atoms with van der Waals surface area (Å²) in [6.45, 7) is 3.31. The van der Waals surface area contributed by atoms with Crippen molar-refractivity contribution in [2.45, 2.75) is 25.8 Å². The van der Waals surface area contributed by atoms with Crippen LogP contribution in [-0.4, -0.2) is 34.3 Å². The van der Waals surface area contributed by atoms with Crippen molar-refractivity contribution in [2.24, 2.45) is 0 Å². The fourth-order valence-corrected chi connectivity index (χ4v) is 5.22. The van der Waals surface area contributed by atoms with Crippen LogP contribution in [0.3, 0.4) is 0 Å². The summed E-state index contributed by atoms with van der Waals surface area (Å²) in [7, 11) is 0. The molecule has 1 fully saturated rings. The Bertz CT molecular complexity index is 1380. The SMILES string of the molecule is CCc1ccc(N(C(=O)CN2C(=O)NC(C)(c3ccccc3)C2=O)c2nc3ccccc3s2)cc1. The van der Waals surface area contributed by atoms with E-state index in [-0.39, 0.29) is 0 Å². The zero-order valence-corrected chi connectivity index (χ0v) is 20.2. The third-order valence-corrected chi connectivity index (χ3v) is 7.27. The predicted octanol–water partition coefficient (Wildman–Crippen LogP) is 4.99. The summed E-state index contributed by atoms with van der Waals surface area (Å²) < 4.78 is 0.942. The van der Waals surface area contributed by atoms with E-state index in [1.165, 1.54) is 16.2 Å². The first-order valence-corrected chi connectivity index (χ1v) is 12.2. The Balaban J connectivity index is 1.49. The number of urea groups is 1. The molecule has 176 valence electrons. The van der Waals surface area contributed by atoms with Crippen LogP contribution in [0.15, 0.2) is 78.9 Å². The number of aromatic nitrogens is 1. The Morgan fingerprint density at radius 2 is 1.69 bits per heavy atom. The van der Waals surface area contributed by atoms with Gasteiger partial charge in [-0.15, -0.1) is 0 Å². The van der Waals surface area contributed by atoms with Crippen LogP contribution in [0.4, 0.5) is 15.6 Å². The molecule has 8 heteroatoms. The van der Waals surface area contributed by atoms with Crippen molar-refractivity contribution in [3.05, 3.63) is 90.0 Å². The number of aryl methyl sites for hydroxylation is 1. The third kappa shape index (κ3) is 4.06. The van der Waals surface area contributed by atoms with Crippen molar-refractivity contribution in [3.8, 4) is 0 Å². The van der Waals surface area contributed by atoms with Crippen LogP contribution in [0.1, 0.15) is 25.0 Å². The molecule has 1 atom stereocenters. The largest absolute Gasteiger partial charge is 0.325 e. The summed E-state index contributed by atoms with van der Waals surface area (Å²) in [4.78, 5) is 47.0. The standard InChI is InChI=1S/C27H24N4O3S/c1-3-18-13-15-20(16-14-18)31(26-28-21-11-7-8-12-22(21)35-26)23(32)17-30-24(33)27(2,29-25(30)34)19-9-5-4-6-10-19/h4-16H,3,17H2,1-2H3,(H,29,34). The fraction of sp³-hybridized carbons (Fsp3) is 0.185. The molecule has 1 saturated heterocycles. The second-order valence-corrected chi connectivity index (χ2v) is 9.53. The van der Waals surface area contributed by atoms with Gasteiger partial charge in [0.05, 0.1) is 15.9 Å². The third-order valence-electron chi connectivity index (χ3n) is 6.25. The number of rotatable bonds is 6. The Kier molecular flexibility index (Phi) is 5.82. The molecular weight excluding hydrogens is 460 g/mol. The topological polar surface area (TPSA) is 82.6 Å². The van der Waals surface area contributed by atoms with E-state index in [1.807, 2.05) is 66.7 Å². The molecule has 0 bridgehead atoms. The molecule has 1 aliphatic rings. The molecule has 1 unspecified atom stereocenters. The summed E-state index contributed by atoms with van der Waals surface area (Å²) in [5.74, 6) is -0.887. The molecule has 1 aliphatic heterocycles. The number of hydrogen-bond acceptors (Lipinski definition) is 5. The highest BCUT2D eigenvalue weighted by molar-refractivity contribution is 7.22. The molecule has 2 heterocycles. The van der Waals surface area contributed by atoms with Gasteiger partial charge in [0.1, 0.15) is 12.1 Å². The Morgan fingerprint density at radius 1 is 1.00 bits per heavy atom. The number of benzene rings is 3. The van der Waals surface area contributed by atoms with Crippen molar-refractivity contribution in [2.75, 3.05) is 11.4 Å². The van der Waals surface area contributed by atoms with E-state index in [9.17, 15) is 14.4 Å². The molecule has 35 heavy (non-hydrogen) atoms. The molecule has 4 amide bonds. The number of thiazole rings is 1. The molecule has 1 aromatic heterocycles. The van der Waals surface area contributed by atoms with Gasteiger partial charge < -0.3 is 5.32 Å². The lowest BCUT2D eigenvalue weighted by molar-refractivity contribution is -0.134. The Hall–Kier alpha value is -4.04. The number of anilines is 2. The van der Waals surface area contributed by atoms with Gasteiger partial charge in [-0.2, -0.15) is 0 Å². The van der Waals surface area contributed by atoms with Gasteiger partial charge >= 0.3 is 6.03 Å². The number of amides is 4. The Labute approximate surface area is 207 Å².